The molecule has 0 aliphatic heterocycles. The highest BCUT2D eigenvalue weighted by atomic mass is 28.3. The quantitative estimate of drug-likeness (QED) is 0.0797. The standard InChI is InChI=1S/C86H64N4Si/c1-61-31-43-69(44-32-61)87(73-51-57-85-81(59-73)79-27-15-17-29-83(79)89(85)67-19-7-3-8-20-67)71-47-35-63(36-48-71)65-39-53-77(54-40-65)91(75-23-11-5-12-24-75,76-25-13-6-14-26-76)78-55-41-66(42-56-78)64-37-49-72(50-38-64)88(70-45-33-62(2)34-46-70)74-52-58-86-82(60-74)80-28-16-18-30-84(80)90(86)68-21-9-4-10-22-68/h3-60H,1-2H3. The number of aromatic nitrogens is 2. The van der Waals surface area contributed by atoms with Crippen LogP contribution < -0.4 is 30.5 Å². The maximum atomic E-state index is 2.40. The molecule has 0 N–H and O–H groups in total. The molecule has 16 aromatic rings. The van der Waals surface area contributed by atoms with Gasteiger partial charge in [-0.2, -0.15) is 0 Å². The van der Waals surface area contributed by atoms with Gasteiger partial charge in [-0.1, -0.05) is 242 Å². The highest BCUT2D eigenvalue weighted by Gasteiger charge is 2.41. The van der Waals surface area contributed by atoms with E-state index in [0.717, 1.165) is 56.6 Å². The summed E-state index contributed by atoms with van der Waals surface area (Å²) in [6.45, 7) is 4.30. The number of hydrogen-bond acceptors (Lipinski definition) is 2. The van der Waals surface area contributed by atoms with Gasteiger partial charge in [0, 0.05) is 67.0 Å². The summed E-state index contributed by atoms with van der Waals surface area (Å²) in [6, 6.07) is 130. The molecule has 0 fully saturated rings. The number of rotatable bonds is 14. The molecule has 0 unspecified atom stereocenters. The average molecular weight is 1180 g/mol. The van der Waals surface area contributed by atoms with Gasteiger partial charge in [0.15, 0.2) is 8.07 Å². The predicted molar refractivity (Wildman–Crippen MR) is 388 cm³/mol. The maximum Gasteiger partial charge on any atom is 0.179 e. The Morgan fingerprint density at radius 2 is 0.484 bits per heavy atom. The summed E-state index contributed by atoms with van der Waals surface area (Å²) in [6.07, 6.45) is 0. The van der Waals surface area contributed by atoms with E-state index in [1.54, 1.807) is 0 Å². The van der Waals surface area contributed by atoms with E-state index in [1.165, 1.54) is 86.6 Å². The second-order valence-electron chi connectivity index (χ2n) is 23.9. The molecule has 5 heteroatoms. The van der Waals surface area contributed by atoms with Crippen LogP contribution in [0.1, 0.15) is 11.1 Å². The summed E-state index contributed by atoms with van der Waals surface area (Å²) >= 11 is 0. The van der Waals surface area contributed by atoms with Crippen LogP contribution in [-0.4, -0.2) is 17.2 Å². The Balaban J connectivity index is 0.733. The van der Waals surface area contributed by atoms with E-state index in [-0.39, 0.29) is 0 Å². The summed E-state index contributed by atoms with van der Waals surface area (Å²) in [5, 5.41) is 10.2. The van der Waals surface area contributed by atoms with Crippen LogP contribution in [-0.2, 0) is 0 Å². The first-order valence-electron chi connectivity index (χ1n) is 31.4. The SMILES string of the molecule is Cc1ccc(N(c2ccc(-c3ccc([Si](c4ccccc4)(c4ccccc4)c4ccc(-c5ccc(N(c6ccc(C)cc6)c6ccc7c(c6)c6ccccc6n7-c6ccccc6)cc5)cc4)cc3)cc2)c2ccc3c(c2)c2ccccc2n3-c2ccccc2)cc1. The summed E-state index contributed by atoms with van der Waals surface area (Å²) in [4.78, 5) is 4.77. The van der Waals surface area contributed by atoms with Crippen molar-refractivity contribution >= 4 is 107 Å². The molecular formula is C86H64N4Si. The Kier molecular flexibility index (Phi) is 14.0. The molecule has 14 aromatic carbocycles. The lowest BCUT2D eigenvalue weighted by Crippen LogP contribution is -2.74. The van der Waals surface area contributed by atoms with Crippen LogP contribution in [0.25, 0.3) is 77.2 Å². The Labute approximate surface area is 532 Å². The molecule has 0 spiro atoms. The first kappa shape index (κ1) is 54.9. The third-order valence-electron chi connectivity index (χ3n) is 18.4. The lowest BCUT2D eigenvalue weighted by molar-refractivity contribution is 1.18. The lowest BCUT2D eigenvalue weighted by Gasteiger charge is -2.34. The van der Waals surface area contributed by atoms with Gasteiger partial charge in [-0.15, -0.1) is 0 Å². The number of hydrogen-bond donors (Lipinski definition) is 0. The molecule has 0 amide bonds. The van der Waals surface area contributed by atoms with Crippen LogP contribution in [0.5, 0.6) is 0 Å². The fraction of sp³-hybridized carbons (Fsp3) is 0.0233. The Morgan fingerprint density at radius 1 is 0.220 bits per heavy atom. The van der Waals surface area contributed by atoms with Crippen LogP contribution >= 0.6 is 0 Å². The van der Waals surface area contributed by atoms with Crippen LogP contribution in [0.15, 0.2) is 352 Å². The minimum atomic E-state index is -2.88. The van der Waals surface area contributed by atoms with Crippen molar-refractivity contribution in [2.75, 3.05) is 9.80 Å². The number of para-hydroxylation sites is 4. The van der Waals surface area contributed by atoms with Crippen molar-refractivity contribution in [1.29, 1.82) is 0 Å². The average Bonchev–Trinajstić information content (AvgIpc) is 1.50. The fourth-order valence-corrected chi connectivity index (χ4v) is 18.7. The molecule has 2 heterocycles. The highest BCUT2D eigenvalue weighted by Crippen LogP contribution is 2.43. The monoisotopic (exact) mass is 1180 g/mol. The van der Waals surface area contributed by atoms with Gasteiger partial charge in [0.2, 0.25) is 0 Å². The lowest BCUT2D eigenvalue weighted by atomic mass is 10.0. The molecule has 0 bridgehead atoms. The van der Waals surface area contributed by atoms with Gasteiger partial charge in [-0.25, -0.2) is 0 Å². The zero-order chi connectivity index (χ0) is 60.8. The minimum Gasteiger partial charge on any atom is -0.310 e. The van der Waals surface area contributed by atoms with Crippen molar-refractivity contribution in [3.05, 3.63) is 363 Å². The van der Waals surface area contributed by atoms with Gasteiger partial charge < -0.3 is 18.9 Å². The van der Waals surface area contributed by atoms with E-state index < -0.39 is 8.07 Å². The third-order valence-corrected chi connectivity index (χ3v) is 23.2. The number of benzene rings is 14. The largest absolute Gasteiger partial charge is 0.310 e. The molecule has 4 nitrogen and oxygen atoms in total. The van der Waals surface area contributed by atoms with E-state index in [0.29, 0.717) is 0 Å². The van der Waals surface area contributed by atoms with E-state index in [9.17, 15) is 0 Å². The van der Waals surface area contributed by atoms with Crippen molar-refractivity contribution in [3.63, 3.8) is 0 Å². The summed E-state index contributed by atoms with van der Waals surface area (Å²) in [5.41, 5.74) is 20.8. The van der Waals surface area contributed by atoms with Gasteiger partial charge in [-0.3, -0.25) is 0 Å². The first-order valence-corrected chi connectivity index (χ1v) is 33.4. The van der Waals surface area contributed by atoms with Crippen molar-refractivity contribution in [2.24, 2.45) is 0 Å². The number of fused-ring (bicyclic) bond motifs is 6. The number of aryl methyl sites for hydroxylation is 2. The first-order chi connectivity index (χ1) is 44.9. The molecule has 0 radical (unpaired) electrons. The number of anilines is 6. The smallest absolute Gasteiger partial charge is 0.179 e. The third kappa shape index (κ3) is 9.80. The summed E-state index contributed by atoms with van der Waals surface area (Å²) < 4.78 is 4.76. The van der Waals surface area contributed by atoms with E-state index in [4.69, 9.17) is 0 Å². The molecule has 16 rings (SSSR count). The van der Waals surface area contributed by atoms with E-state index in [2.05, 4.69) is 385 Å². The Hall–Kier alpha value is -11.5. The van der Waals surface area contributed by atoms with Gasteiger partial charge in [0.05, 0.1) is 22.1 Å². The minimum absolute atomic E-state index is 1.09. The van der Waals surface area contributed by atoms with Gasteiger partial charge >= 0.3 is 0 Å². The maximum absolute atomic E-state index is 2.88. The van der Waals surface area contributed by atoms with Crippen molar-refractivity contribution in [1.82, 2.24) is 9.13 Å². The second-order valence-corrected chi connectivity index (χ2v) is 27.7. The molecule has 91 heavy (non-hydrogen) atoms. The normalized spacial score (nSPS) is 11.6. The van der Waals surface area contributed by atoms with Crippen molar-refractivity contribution in [2.45, 2.75) is 13.8 Å². The van der Waals surface area contributed by atoms with Gasteiger partial charge in [0.25, 0.3) is 0 Å². The molecule has 0 aliphatic rings. The predicted octanol–water partition coefficient (Wildman–Crippen LogP) is 20.1. The Bertz CT molecular complexity index is 4900. The zero-order valence-corrected chi connectivity index (χ0v) is 51.8. The van der Waals surface area contributed by atoms with E-state index >= 15 is 0 Å². The molecule has 0 saturated carbocycles. The Morgan fingerprint density at radius 3 is 0.835 bits per heavy atom. The van der Waals surface area contributed by atoms with Gasteiger partial charge in [-0.05, 0) is 178 Å². The molecule has 2 aromatic heterocycles. The number of nitrogens with zero attached hydrogens (tertiary/aromatic N) is 4. The summed E-state index contributed by atoms with van der Waals surface area (Å²) in [5.74, 6) is 0. The molecular weight excluding hydrogens is 1120 g/mol. The van der Waals surface area contributed by atoms with Crippen molar-refractivity contribution < 1.29 is 0 Å². The van der Waals surface area contributed by atoms with Gasteiger partial charge in [0.1, 0.15) is 0 Å². The van der Waals surface area contributed by atoms with Crippen LogP contribution in [0.3, 0.4) is 0 Å². The second kappa shape index (κ2) is 23.2. The van der Waals surface area contributed by atoms with Crippen molar-refractivity contribution in [3.8, 4) is 33.6 Å². The van der Waals surface area contributed by atoms with Crippen LogP contribution in [0.2, 0.25) is 0 Å². The molecule has 432 valence electrons. The highest BCUT2D eigenvalue weighted by molar-refractivity contribution is 7.19. The fourth-order valence-electron chi connectivity index (χ4n) is 14.0. The van der Waals surface area contributed by atoms with E-state index in [1.807, 2.05) is 0 Å². The van der Waals surface area contributed by atoms with Crippen LogP contribution in [0, 0.1) is 13.8 Å². The summed E-state index contributed by atoms with van der Waals surface area (Å²) in [7, 11) is -2.88. The van der Waals surface area contributed by atoms with Crippen LogP contribution in [0.4, 0.5) is 34.1 Å². The molecule has 0 atom stereocenters. The zero-order valence-electron chi connectivity index (χ0n) is 50.8. The molecule has 0 saturated heterocycles. The molecule has 0 aliphatic carbocycles. The topological polar surface area (TPSA) is 16.3 Å².